The van der Waals surface area contributed by atoms with Crippen molar-refractivity contribution in [2.24, 2.45) is 22.7 Å². The van der Waals surface area contributed by atoms with E-state index in [9.17, 15) is 30.3 Å². The number of hydrogen-bond donors (Lipinski definition) is 5. The molecule has 0 saturated heterocycles. The fraction of sp³-hybridized carbons (Fsp3) is 0.815. The lowest BCUT2D eigenvalue weighted by Crippen LogP contribution is -2.67. The predicted molar refractivity (Wildman–Crippen MR) is 125 cm³/mol. The van der Waals surface area contributed by atoms with Gasteiger partial charge in [0.1, 0.15) is 0 Å². The van der Waals surface area contributed by atoms with Crippen molar-refractivity contribution in [3.63, 3.8) is 0 Å². The monoisotopic (exact) mass is 462 g/mol. The van der Waals surface area contributed by atoms with Crippen molar-refractivity contribution in [2.75, 3.05) is 0 Å². The average Bonchev–Trinajstić information content (AvgIpc) is 2.97. The summed E-state index contributed by atoms with van der Waals surface area (Å²) in [6, 6.07) is 0. The summed E-state index contributed by atoms with van der Waals surface area (Å²) in [4.78, 5) is 13.2. The molecule has 4 rings (SSSR count). The lowest BCUT2D eigenvalue weighted by molar-refractivity contribution is -0.166. The van der Waals surface area contributed by atoms with Crippen molar-refractivity contribution in [3.8, 4) is 0 Å². The molecule has 6 nitrogen and oxygen atoms in total. The molecular weight excluding hydrogens is 420 g/mol. The Bertz CT molecular complexity index is 886. The summed E-state index contributed by atoms with van der Waals surface area (Å²) in [7, 11) is 0. The molecule has 0 aromatic rings. The predicted octanol–water partition coefficient (Wildman–Crippen LogP) is 2.80. The Hall–Kier alpha value is -1.05. The standard InChI is InChI=1S/C27H42O6/c1-16(7-6-9-23(2,3)31)17-8-10-26(32)22-14-19(28)18-13-20(29)21(30)15-25(18,5)27(22,33)12-11-24(17,26)4/h13-14,16-17,20-21,29-33H,6-12,15H2,1-5H3/t16-,17-,20+,21-,24-,25+,26-,27-/m1/s1. The summed E-state index contributed by atoms with van der Waals surface area (Å²) in [5.74, 6) is 0.297. The fourth-order valence-electron chi connectivity index (χ4n) is 7.88. The van der Waals surface area contributed by atoms with E-state index in [2.05, 4.69) is 13.8 Å². The second-order valence-corrected chi connectivity index (χ2v) is 12.6. The van der Waals surface area contributed by atoms with Gasteiger partial charge in [-0.1, -0.05) is 33.6 Å². The molecule has 33 heavy (non-hydrogen) atoms. The van der Waals surface area contributed by atoms with Gasteiger partial charge in [-0.3, -0.25) is 4.79 Å². The molecule has 4 aliphatic rings. The van der Waals surface area contributed by atoms with Gasteiger partial charge in [-0.05, 0) is 81.9 Å². The number of ketones is 1. The first-order chi connectivity index (χ1) is 15.1. The normalized spacial score (nSPS) is 46.1. The van der Waals surface area contributed by atoms with E-state index in [1.807, 2.05) is 13.8 Å². The number of carbonyl (C=O) groups excluding carboxylic acids is 1. The fourth-order valence-corrected chi connectivity index (χ4v) is 7.88. The summed E-state index contributed by atoms with van der Waals surface area (Å²) in [5, 5.41) is 54.9. The topological polar surface area (TPSA) is 118 Å². The molecule has 6 heteroatoms. The van der Waals surface area contributed by atoms with Gasteiger partial charge in [-0.2, -0.15) is 0 Å². The first-order valence-corrected chi connectivity index (χ1v) is 12.6. The molecule has 0 aromatic heterocycles. The summed E-state index contributed by atoms with van der Waals surface area (Å²) in [6.45, 7) is 9.76. The van der Waals surface area contributed by atoms with Gasteiger partial charge in [-0.25, -0.2) is 0 Å². The first kappa shape index (κ1) is 25.1. The molecule has 0 aromatic carbocycles. The Kier molecular flexibility index (Phi) is 5.86. The third kappa shape index (κ3) is 3.51. The van der Waals surface area contributed by atoms with E-state index in [0.717, 1.165) is 25.7 Å². The number of aliphatic hydroxyl groups is 5. The Morgan fingerprint density at radius 1 is 1.12 bits per heavy atom. The van der Waals surface area contributed by atoms with Gasteiger partial charge < -0.3 is 25.5 Å². The summed E-state index contributed by atoms with van der Waals surface area (Å²) >= 11 is 0. The van der Waals surface area contributed by atoms with Crippen molar-refractivity contribution < 1.29 is 30.3 Å². The minimum absolute atomic E-state index is 0.0726. The van der Waals surface area contributed by atoms with Crippen LogP contribution < -0.4 is 0 Å². The molecule has 0 heterocycles. The molecule has 4 aliphatic carbocycles. The van der Waals surface area contributed by atoms with E-state index in [-0.39, 0.29) is 18.1 Å². The van der Waals surface area contributed by atoms with Gasteiger partial charge in [0.25, 0.3) is 0 Å². The van der Waals surface area contributed by atoms with Crippen LogP contribution in [0, 0.1) is 22.7 Å². The Labute approximate surface area is 197 Å². The number of carbonyl (C=O) groups is 1. The van der Waals surface area contributed by atoms with Crippen molar-refractivity contribution in [2.45, 2.75) is 115 Å². The minimum Gasteiger partial charge on any atom is -0.390 e. The largest absolute Gasteiger partial charge is 0.390 e. The third-order valence-electron chi connectivity index (χ3n) is 10.0. The molecule has 2 saturated carbocycles. The second-order valence-electron chi connectivity index (χ2n) is 12.6. The highest BCUT2D eigenvalue weighted by molar-refractivity contribution is 6.08. The van der Waals surface area contributed by atoms with Gasteiger partial charge in [0.2, 0.25) is 0 Å². The van der Waals surface area contributed by atoms with Crippen LogP contribution in [0.3, 0.4) is 0 Å². The van der Waals surface area contributed by atoms with Crippen LogP contribution in [0.25, 0.3) is 0 Å². The molecule has 0 unspecified atom stereocenters. The van der Waals surface area contributed by atoms with Gasteiger partial charge in [0.15, 0.2) is 5.78 Å². The molecule has 0 amide bonds. The lowest BCUT2D eigenvalue weighted by atomic mass is 9.45. The smallest absolute Gasteiger partial charge is 0.182 e. The van der Waals surface area contributed by atoms with Crippen molar-refractivity contribution >= 4 is 5.78 Å². The maximum atomic E-state index is 13.2. The zero-order valence-electron chi connectivity index (χ0n) is 20.8. The zero-order chi connectivity index (χ0) is 24.6. The maximum Gasteiger partial charge on any atom is 0.182 e. The van der Waals surface area contributed by atoms with Crippen LogP contribution >= 0.6 is 0 Å². The molecular formula is C27H42O6. The molecule has 2 fully saturated rings. The van der Waals surface area contributed by atoms with Gasteiger partial charge in [0, 0.05) is 16.4 Å². The van der Waals surface area contributed by atoms with E-state index in [1.54, 1.807) is 6.92 Å². The van der Waals surface area contributed by atoms with Crippen LogP contribution in [-0.2, 0) is 4.79 Å². The van der Waals surface area contributed by atoms with Crippen LogP contribution in [0.2, 0.25) is 0 Å². The van der Waals surface area contributed by atoms with Crippen LogP contribution in [0.15, 0.2) is 23.3 Å². The van der Waals surface area contributed by atoms with Crippen molar-refractivity contribution in [3.05, 3.63) is 23.3 Å². The highest BCUT2D eigenvalue weighted by atomic mass is 16.3. The highest BCUT2D eigenvalue weighted by Gasteiger charge is 2.71. The summed E-state index contributed by atoms with van der Waals surface area (Å²) in [5.41, 5.74) is -4.20. The van der Waals surface area contributed by atoms with Crippen LogP contribution in [0.1, 0.15) is 86.0 Å². The summed E-state index contributed by atoms with van der Waals surface area (Å²) < 4.78 is 0. The molecule has 5 N–H and O–H groups in total. The van der Waals surface area contributed by atoms with Crippen molar-refractivity contribution in [1.29, 1.82) is 0 Å². The van der Waals surface area contributed by atoms with Gasteiger partial charge in [0.05, 0.1) is 29.0 Å². The van der Waals surface area contributed by atoms with Gasteiger partial charge in [-0.15, -0.1) is 0 Å². The lowest BCUT2D eigenvalue weighted by Gasteiger charge is -2.62. The number of fused-ring (bicyclic) bond motifs is 5. The zero-order valence-corrected chi connectivity index (χ0v) is 20.8. The quantitative estimate of drug-likeness (QED) is 0.429. The first-order valence-electron chi connectivity index (χ1n) is 12.6. The third-order valence-corrected chi connectivity index (χ3v) is 10.0. The molecule has 186 valence electrons. The molecule has 0 bridgehead atoms. The van der Waals surface area contributed by atoms with E-state index in [1.165, 1.54) is 12.2 Å². The number of rotatable bonds is 5. The summed E-state index contributed by atoms with van der Waals surface area (Å²) in [6.07, 6.45) is 5.61. The van der Waals surface area contributed by atoms with E-state index >= 15 is 0 Å². The minimum atomic E-state index is -1.44. The maximum absolute atomic E-state index is 13.2. The molecule has 0 spiro atoms. The Morgan fingerprint density at radius 3 is 2.42 bits per heavy atom. The van der Waals surface area contributed by atoms with Crippen LogP contribution in [0.5, 0.6) is 0 Å². The average molecular weight is 463 g/mol. The molecule has 8 atom stereocenters. The molecule has 0 radical (unpaired) electrons. The Balaban J connectivity index is 1.68. The van der Waals surface area contributed by atoms with E-state index < -0.39 is 39.8 Å². The van der Waals surface area contributed by atoms with E-state index in [4.69, 9.17) is 0 Å². The number of aliphatic hydroxyl groups excluding tert-OH is 2. The highest BCUT2D eigenvalue weighted by Crippen LogP contribution is 2.69. The number of hydrogen-bond acceptors (Lipinski definition) is 6. The SMILES string of the molecule is C[C@H](CCCC(C)(C)O)[C@H]1CC[C@@]2(O)C3=CC(=O)C4=C[C@H](O)[C@H](O)C[C@]4(C)[C@@]3(O)CC[C@]12C. The Morgan fingerprint density at radius 2 is 1.79 bits per heavy atom. The molecule has 0 aliphatic heterocycles. The van der Waals surface area contributed by atoms with Crippen molar-refractivity contribution in [1.82, 2.24) is 0 Å². The van der Waals surface area contributed by atoms with Crippen LogP contribution in [-0.4, -0.2) is 60.3 Å². The van der Waals surface area contributed by atoms with Gasteiger partial charge >= 0.3 is 0 Å². The van der Waals surface area contributed by atoms with E-state index in [0.29, 0.717) is 36.3 Å². The second kappa shape index (κ2) is 7.72. The van der Waals surface area contributed by atoms with Crippen LogP contribution in [0.4, 0.5) is 0 Å². The number of allylic oxidation sites excluding steroid dienone is 1.